The lowest BCUT2D eigenvalue weighted by molar-refractivity contribution is 0.188. The number of hydrogen-bond acceptors (Lipinski definition) is 6. The minimum absolute atomic E-state index is 0.207. The van der Waals surface area contributed by atoms with E-state index in [0.29, 0.717) is 11.6 Å². The van der Waals surface area contributed by atoms with Crippen LogP contribution in [0.15, 0.2) is 47.1 Å². The lowest BCUT2D eigenvalue weighted by Gasteiger charge is -2.35. The van der Waals surface area contributed by atoms with E-state index in [1.54, 1.807) is 6.26 Å². The molecule has 1 aromatic carbocycles. The average Bonchev–Trinajstić information content (AvgIpc) is 3.16. The number of para-hydroxylation sites is 1. The predicted octanol–water partition coefficient (Wildman–Crippen LogP) is 2.00. The number of aliphatic hydroxyl groups excluding tert-OH is 1. The van der Waals surface area contributed by atoms with Gasteiger partial charge in [0.15, 0.2) is 11.6 Å². The number of furan rings is 1. The topological polar surface area (TPSA) is 65.6 Å². The maximum atomic E-state index is 9.10. The molecule has 6 nitrogen and oxygen atoms in total. The largest absolute Gasteiger partial charge is 0.461 e. The van der Waals surface area contributed by atoms with Gasteiger partial charge in [-0.25, -0.2) is 9.97 Å². The lowest BCUT2D eigenvalue weighted by Crippen LogP contribution is -2.47. The van der Waals surface area contributed by atoms with Gasteiger partial charge in [0.2, 0.25) is 0 Å². The van der Waals surface area contributed by atoms with E-state index in [4.69, 9.17) is 14.5 Å². The number of anilines is 1. The molecule has 0 radical (unpaired) electrons. The first-order valence-corrected chi connectivity index (χ1v) is 8.24. The second-order valence-electron chi connectivity index (χ2n) is 5.92. The third kappa shape index (κ3) is 2.86. The molecule has 2 aromatic heterocycles. The molecule has 0 unspecified atom stereocenters. The van der Waals surface area contributed by atoms with Crippen molar-refractivity contribution in [3.63, 3.8) is 0 Å². The Balaban J connectivity index is 1.71. The van der Waals surface area contributed by atoms with Crippen LogP contribution in [0.25, 0.3) is 22.5 Å². The molecule has 1 fully saturated rings. The summed E-state index contributed by atoms with van der Waals surface area (Å²) in [5.74, 6) is 2.25. The summed E-state index contributed by atoms with van der Waals surface area (Å²) in [6, 6.07) is 11.8. The highest BCUT2D eigenvalue weighted by Gasteiger charge is 2.21. The van der Waals surface area contributed by atoms with Crippen LogP contribution in [0, 0.1) is 0 Å². The van der Waals surface area contributed by atoms with Crippen LogP contribution in [0.1, 0.15) is 0 Å². The van der Waals surface area contributed by atoms with E-state index in [-0.39, 0.29) is 6.61 Å². The van der Waals surface area contributed by atoms with Gasteiger partial charge in [-0.05, 0) is 24.3 Å². The SMILES string of the molecule is OCCN1CCN(c2nc(-c3ccco3)nc3ccccc23)CC1. The highest BCUT2D eigenvalue weighted by atomic mass is 16.3. The Labute approximate surface area is 140 Å². The molecule has 1 aliphatic heterocycles. The fourth-order valence-electron chi connectivity index (χ4n) is 3.14. The number of β-amino-alcohol motifs (C(OH)–C–C–N with tert-alkyl or cyclic N) is 1. The third-order valence-corrected chi connectivity index (χ3v) is 4.41. The fraction of sp³-hybridized carbons (Fsp3) is 0.333. The summed E-state index contributed by atoms with van der Waals surface area (Å²) in [4.78, 5) is 14.0. The van der Waals surface area contributed by atoms with Crippen molar-refractivity contribution in [1.82, 2.24) is 14.9 Å². The number of rotatable bonds is 4. The van der Waals surface area contributed by atoms with Crippen molar-refractivity contribution >= 4 is 16.7 Å². The normalized spacial score (nSPS) is 16.0. The van der Waals surface area contributed by atoms with Crippen molar-refractivity contribution in [2.45, 2.75) is 0 Å². The van der Waals surface area contributed by atoms with Crippen molar-refractivity contribution in [1.29, 1.82) is 0 Å². The Hall–Kier alpha value is -2.44. The van der Waals surface area contributed by atoms with Gasteiger partial charge in [0.05, 0.1) is 18.4 Å². The zero-order valence-corrected chi connectivity index (χ0v) is 13.4. The molecule has 6 heteroatoms. The molecule has 1 N–H and O–H groups in total. The Bertz CT molecular complexity index is 811. The molecule has 0 bridgehead atoms. The summed E-state index contributed by atoms with van der Waals surface area (Å²) in [5, 5.41) is 10.2. The van der Waals surface area contributed by atoms with E-state index in [1.807, 2.05) is 30.3 Å². The Morgan fingerprint density at radius 1 is 1.00 bits per heavy atom. The van der Waals surface area contributed by atoms with Gasteiger partial charge in [-0.3, -0.25) is 4.90 Å². The number of hydrogen-bond donors (Lipinski definition) is 1. The molecule has 1 aliphatic rings. The minimum Gasteiger partial charge on any atom is -0.461 e. The van der Waals surface area contributed by atoms with Crippen LogP contribution >= 0.6 is 0 Å². The van der Waals surface area contributed by atoms with Crippen molar-refractivity contribution < 1.29 is 9.52 Å². The highest BCUT2D eigenvalue weighted by Crippen LogP contribution is 2.28. The maximum Gasteiger partial charge on any atom is 0.198 e. The molecule has 0 aliphatic carbocycles. The third-order valence-electron chi connectivity index (χ3n) is 4.41. The van der Waals surface area contributed by atoms with Crippen LogP contribution in [-0.2, 0) is 0 Å². The first kappa shape index (κ1) is 15.1. The van der Waals surface area contributed by atoms with E-state index in [0.717, 1.165) is 49.4 Å². The number of aliphatic hydroxyl groups is 1. The molecule has 0 saturated carbocycles. The van der Waals surface area contributed by atoms with E-state index in [2.05, 4.69) is 20.9 Å². The van der Waals surface area contributed by atoms with Crippen molar-refractivity contribution in [3.8, 4) is 11.6 Å². The molecule has 0 spiro atoms. The monoisotopic (exact) mass is 324 g/mol. The van der Waals surface area contributed by atoms with Crippen LogP contribution in [-0.4, -0.2) is 59.3 Å². The van der Waals surface area contributed by atoms with Gasteiger partial charge in [0.1, 0.15) is 5.82 Å². The number of piperazine rings is 1. The summed E-state index contributed by atoms with van der Waals surface area (Å²) in [6.45, 7) is 4.57. The van der Waals surface area contributed by atoms with Gasteiger partial charge in [0.25, 0.3) is 0 Å². The van der Waals surface area contributed by atoms with Gasteiger partial charge in [0, 0.05) is 38.1 Å². The van der Waals surface area contributed by atoms with Gasteiger partial charge in [-0.2, -0.15) is 0 Å². The van der Waals surface area contributed by atoms with Crippen LogP contribution in [0.5, 0.6) is 0 Å². The van der Waals surface area contributed by atoms with Gasteiger partial charge in [-0.1, -0.05) is 12.1 Å². The summed E-state index contributed by atoms with van der Waals surface area (Å²) >= 11 is 0. The van der Waals surface area contributed by atoms with Crippen molar-refractivity contribution in [2.75, 3.05) is 44.2 Å². The molecule has 3 aromatic rings. The number of aromatic nitrogens is 2. The van der Waals surface area contributed by atoms with E-state index in [1.165, 1.54) is 0 Å². The first-order chi connectivity index (χ1) is 11.8. The van der Waals surface area contributed by atoms with Gasteiger partial charge < -0.3 is 14.4 Å². The standard InChI is InChI=1S/C18H20N4O2/c23-12-11-21-7-9-22(10-8-21)18-14-4-1-2-5-15(14)19-17(20-18)16-6-3-13-24-16/h1-6,13,23H,7-12H2. The molecule has 0 amide bonds. The zero-order chi connectivity index (χ0) is 16.4. The number of fused-ring (bicyclic) bond motifs is 1. The highest BCUT2D eigenvalue weighted by molar-refractivity contribution is 5.90. The Morgan fingerprint density at radius 2 is 1.83 bits per heavy atom. The molecule has 0 atom stereocenters. The summed E-state index contributed by atoms with van der Waals surface area (Å²) in [7, 11) is 0. The van der Waals surface area contributed by atoms with Gasteiger partial charge >= 0.3 is 0 Å². The molecule has 24 heavy (non-hydrogen) atoms. The van der Waals surface area contributed by atoms with Crippen LogP contribution in [0.4, 0.5) is 5.82 Å². The zero-order valence-electron chi connectivity index (χ0n) is 13.4. The van der Waals surface area contributed by atoms with Crippen LogP contribution in [0.2, 0.25) is 0 Å². The van der Waals surface area contributed by atoms with Crippen molar-refractivity contribution in [3.05, 3.63) is 42.7 Å². The molecule has 1 saturated heterocycles. The first-order valence-electron chi connectivity index (χ1n) is 8.24. The quantitative estimate of drug-likeness (QED) is 0.792. The smallest absolute Gasteiger partial charge is 0.198 e. The number of benzene rings is 1. The van der Waals surface area contributed by atoms with Gasteiger partial charge in [-0.15, -0.1) is 0 Å². The summed E-state index contributed by atoms with van der Waals surface area (Å²) < 4.78 is 5.48. The summed E-state index contributed by atoms with van der Waals surface area (Å²) in [5.41, 5.74) is 0.923. The molecule has 124 valence electrons. The number of nitrogens with zero attached hydrogens (tertiary/aromatic N) is 4. The Morgan fingerprint density at radius 3 is 2.58 bits per heavy atom. The molecule has 4 rings (SSSR count). The van der Waals surface area contributed by atoms with E-state index < -0.39 is 0 Å². The van der Waals surface area contributed by atoms with Crippen LogP contribution in [0.3, 0.4) is 0 Å². The van der Waals surface area contributed by atoms with Crippen LogP contribution < -0.4 is 4.90 Å². The average molecular weight is 324 g/mol. The molecular weight excluding hydrogens is 304 g/mol. The Kier molecular flexibility index (Phi) is 4.15. The molecule has 3 heterocycles. The van der Waals surface area contributed by atoms with E-state index in [9.17, 15) is 0 Å². The second kappa shape index (κ2) is 6.59. The fourth-order valence-corrected chi connectivity index (χ4v) is 3.14. The van der Waals surface area contributed by atoms with E-state index >= 15 is 0 Å². The summed E-state index contributed by atoms with van der Waals surface area (Å²) in [6.07, 6.45) is 1.64. The van der Waals surface area contributed by atoms with Crippen molar-refractivity contribution in [2.24, 2.45) is 0 Å². The predicted molar refractivity (Wildman–Crippen MR) is 93.0 cm³/mol. The lowest BCUT2D eigenvalue weighted by atomic mass is 10.2. The maximum absolute atomic E-state index is 9.10. The molecular formula is C18H20N4O2. The second-order valence-corrected chi connectivity index (χ2v) is 5.92. The minimum atomic E-state index is 0.207.